The van der Waals surface area contributed by atoms with E-state index in [1.54, 1.807) is 55.2 Å². The first-order chi connectivity index (χ1) is 28.2. The van der Waals surface area contributed by atoms with E-state index >= 15 is 0 Å². The Morgan fingerprint density at radius 1 is 0.672 bits per heavy atom. The van der Waals surface area contributed by atoms with E-state index in [-0.39, 0.29) is 49.4 Å². The fourth-order valence-corrected chi connectivity index (χ4v) is 8.26. The number of benzene rings is 5. The van der Waals surface area contributed by atoms with Crippen molar-refractivity contribution in [1.29, 1.82) is 0 Å². The Morgan fingerprint density at radius 3 is 1.59 bits per heavy atom. The van der Waals surface area contributed by atoms with Crippen LogP contribution in [0.2, 0.25) is 0 Å². The van der Waals surface area contributed by atoms with Gasteiger partial charge in [0.2, 0.25) is 0 Å². The predicted molar refractivity (Wildman–Crippen MR) is 223 cm³/mol. The van der Waals surface area contributed by atoms with Crippen LogP contribution in [0.3, 0.4) is 0 Å². The van der Waals surface area contributed by atoms with Gasteiger partial charge in [-0.3, -0.25) is 34.2 Å². The predicted octanol–water partition coefficient (Wildman–Crippen LogP) is 7.46. The van der Waals surface area contributed by atoms with E-state index in [9.17, 15) is 14.4 Å². The Hall–Kier alpha value is -6.95. The molecule has 4 aliphatic heterocycles. The highest BCUT2D eigenvalue weighted by Crippen LogP contribution is 2.43. The standard InChI is InChI=1S/C46H41N5O7/c1-27(52)24-49(2)32-14-28(25-57-43-20-37-35(18-41(43)55-3)45(53)50-33(22-47-37)16-30-9-5-7-11-39(30)50)13-29(15-32)26-58-44-21-38-36(19-42(44)56-4)46(54)51-34(23-48-38)17-31-10-6-8-12-40(31)51/h5-15,18-23,33-34H,16-17,24-26H2,1-4H3/t33-,34-/m0/s1. The molecule has 5 aromatic rings. The van der Waals surface area contributed by atoms with Crippen LogP contribution in [0.15, 0.2) is 101 Å². The van der Waals surface area contributed by atoms with Crippen LogP contribution in [0.5, 0.6) is 23.0 Å². The fraction of sp³-hybridized carbons (Fsp3) is 0.239. The normalized spacial score (nSPS) is 17.0. The van der Waals surface area contributed by atoms with Crippen LogP contribution in [0.25, 0.3) is 0 Å². The van der Waals surface area contributed by atoms with Crippen molar-refractivity contribution >= 4 is 58.5 Å². The number of nitrogens with zero attached hydrogens (tertiary/aromatic N) is 5. The van der Waals surface area contributed by atoms with Crippen molar-refractivity contribution in [2.75, 3.05) is 42.5 Å². The molecule has 9 rings (SSSR count). The second-order valence-corrected chi connectivity index (χ2v) is 14.9. The number of Topliss-reactive ketones (excluding diaryl/α,β-unsaturated/α-hetero) is 1. The zero-order chi connectivity index (χ0) is 40.1. The number of amides is 2. The van der Waals surface area contributed by atoms with Gasteiger partial charge in [0.25, 0.3) is 11.8 Å². The molecule has 0 saturated heterocycles. The second-order valence-electron chi connectivity index (χ2n) is 14.9. The van der Waals surface area contributed by atoms with Crippen molar-refractivity contribution < 1.29 is 33.3 Å². The van der Waals surface area contributed by atoms with Crippen molar-refractivity contribution in [2.24, 2.45) is 9.98 Å². The molecule has 12 heteroatoms. The van der Waals surface area contributed by atoms with Crippen LogP contribution in [0.4, 0.5) is 28.4 Å². The molecule has 292 valence electrons. The maximum Gasteiger partial charge on any atom is 0.261 e. The molecule has 0 fully saturated rings. The van der Waals surface area contributed by atoms with Crippen molar-refractivity contribution in [1.82, 2.24) is 0 Å². The van der Waals surface area contributed by atoms with Crippen molar-refractivity contribution in [3.63, 3.8) is 0 Å². The number of carbonyl (C=O) groups is 3. The molecule has 4 heterocycles. The van der Waals surface area contributed by atoms with Crippen LogP contribution in [-0.2, 0) is 30.8 Å². The van der Waals surface area contributed by atoms with Gasteiger partial charge in [-0.05, 0) is 71.6 Å². The molecule has 0 saturated carbocycles. The zero-order valence-electron chi connectivity index (χ0n) is 32.6. The van der Waals surface area contributed by atoms with E-state index in [2.05, 4.69) is 0 Å². The summed E-state index contributed by atoms with van der Waals surface area (Å²) in [6, 6.07) is 28.2. The van der Waals surface area contributed by atoms with E-state index in [0.717, 1.165) is 39.3 Å². The lowest BCUT2D eigenvalue weighted by Gasteiger charge is -2.22. The van der Waals surface area contributed by atoms with Crippen molar-refractivity contribution in [3.8, 4) is 23.0 Å². The molecule has 0 radical (unpaired) electrons. The third kappa shape index (κ3) is 6.59. The number of hydrogen-bond donors (Lipinski definition) is 0. The van der Waals surface area contributed by atoms with Crippen LogP contribution in [-0.4, -0.2) is 69.9 Å². The monoisotopic (exact) mass is 775 g/mol. The van der Waals surface area contributed by atoms with E-state index in [1.165, 1.54) is 0 Å². The molecule has 58 heavy (non-hydrogen) atoms. The van der Waals surface area contributed by atoms with Gasteiger partial charge in [-0.25, -0.2) is 0 Å². The molecule has 4 aliphatic rings. The van der Waals surface area contributed by atoms with E-state index < -0.39 is 0 Å². The largest absolute Gasteiger partial charge is 0.493 e. The molecule has 0 aromatic heterocycles. The summed E-state index contributed by atoms with van der Waals surface area (Å²) in [5, 5.41) is 0. The van der Waals surface area contributed by atoms with Crippen molar-refractivity contribution in [2.45, 2.75) is 45.1 Å². The van der Waals surface area contributed by atoms with E-state index in [4.69, 9.17) is 28.9 Å². The minimum Gasteiger partial charge on any atom is -0.493 e. The number of likely N-dealkylation sites (N-methyl/N-ethyl adjacent to an activating group) is 1. The summed E-state index contributed by atoms with van der Waals surface area (Å²) >= 11 is 0. The Balaban J connectivity index is 0.974. The summed E-state index contributed by atoms with van der Waals surface area (Å²) in [4.78, 5) is 54.9. The lowest BCUT2D eigenvalue weighted by molar-refractivity contribution is -0.115. The molecule has 2 atom stereocenters. The van der Waals surface area contributed by atoms with Crippen LogP contribution in [0.1, 0.15) is 49.9 Å². The topological polar surface area (TPSA) is 123 Å². The molecule has 5 aromatic carbocycles. The molecule has 2 amide bonds. The average Bonchev–Trinajstić information content (AvgIpc) is 3.72. The number of carbonyl (C=O) groups excluding carboxylic acids is 3. The third-order valence-electron chi connectivity index (χ3n) is 11.0. The quantitative estimate of drug-likeness (QED) is 0.136. The molecule has 0 spiro atoms. The summed E-state index contributed by atoms with van der Waals surface area (Å²) in [6.07, 6.45) is 5.04. The first-order valence-corrected chi connectivity index (χ1v) is 19.1. The molecular formula is C46H41N5O7. The zero-order valence-corrected chi connectivity index (χ0v) is 32.6. The number of rotatable bonds is 11. The van der Waals surface area contributed by atoms with Crippen LogP contribution < -0.4 is 33.6 Å². The maximum atomic E-state index is 13.9. The first-order valence-electron chi connectivity index (χ1n) is 19.1. The molecule has 0 unspecified atom stereocenters. The highest BCUT2D eigenvalue weighted by Gasteiger charge is 2.38. The Labute approximate surface area is 335 Å². The highest BCUT2D eigenvalue weighted by atomic mass is 16.5. The van der Waals surface area contributed by atoms with Gasteiger partial charge in [0.1, 0.15) is 19.0 Å². The lowest BCUT2D eigenvalue weighted by atomic mass is 10.1. The number of para-hydroxylation sites is 2. The fourth-order valence-electron chi connectivity index (χ4n) is 8.26. The lowest BCUT2D eigenvalue weighted by Crippen LogP contribution is -2.37. The van der Waals surface area contributed by atoms with Gasteiger partial charge >= 0.3 is 0 Å². The Kier molecular flexibility index (Phi) is 9.39. The first kappa shape index (κ1) is 36.7. The van der Waals surface area contributed by atoms with E-state index in [0.29, 0.717) is 58.3 Å². The summed E-state index contributed by atoms with van der Waals surface area (Å²) in [6.45, 7) is 2.05. The molecule has 0 N–H and O–H groups in total. The van der Waals surface area contributed by atoms with Gasteiger partial charge < -0.3 is 23.8 Å². The second kappa shape index (κ2) is 14.8. The van der Waals surface area contributed by atoms with Crippen molar-refractivity contribution in [3.05, 3.63) is 124 Å². The smallest absolute Gasteiger partial charge is 0.261 e. The number of hydrogen-bond acceptors (Lipinski definition) is 10. The average molecular weight is 776 g/mol. The van der Waals surface area contributed by atoms with Gasteiger partial charge in [-0.1, -0.05) is 36.4 Å². The van der Waals surface area contributed by atoms with E-state index in [1.807, 2.05) is 91.1 Å². The number of ketones is 1. The van der Waals surface area contributed by atoms with Gasteiger partial charge in [-0.2, -0.15) is 0 Å². The van der Waals surface area contributed by atoms with Crippen LogP contribution >= 0.6 is 0 Å². The summed E-state index contributed by atoms with van der Waals surface area (Å²) in [5.74, 6) is 1.41. The molecule has 0 aliphatic carbocycles. The number of aliphatic imine (C=N–C) groups is 2. The number of methoxy groups -OCH3 is 2. The van der Waals surface area contributed by atoms with Gasteiger partial charge in [-0.15, -0.1) is 0 Å². The highest BCUT2D eigenvalue weighted by molar-refractivity contribution is 6.15. The summed E-state index contributed by atoms with van der Waals surface area (Å²) in [5.41, 5.74) is 8.28. The number of anilines is 3. The number of ether oxygens (including phenoxy) is 4. The summed E-state index contributed by atoms with van der Waals surface area (Å²) < 4.78 is 24.3. The van der Waals surface area contributed by atoms with Gasteiger partial charge in [0.15, 0.2) is 23.0 Å². The molecule has 12 nitrogen and oxygen atoms in total. The SMILES string of the molecule is COc1cc2c(cc1OCc1cc(COc3cc4c(cc3OC)C(=O)N3c5ccccc5C[C@H]3C=N4)cc(N(C)CC(C)=O)c1)N=C[C@@H]1Cc3ccccc3N1C2=O. The third-order valence-corrected chi connectivity index (χ3v) is 11.0. The summed E-state index contributed by atoms with van der Waals surface area (Å²) in [7, 11) is 4.94. The molecular weight excluding hydrogens is 735 g/mol. The van der Waals surface area contributed by atoms with Gasteiger partial charge in [0.05, 0.1) is 55.3 Å². The van der Waals surface area contributed by atoms with Crippen LogP contribution in [0, 0.1) is 0 Å². The van der Waals surface area contributed by atoms with Gasteiger partial charge in [0, 0.05) is 61.5 Å². The minimum absolute atomic E-state index is 0.0181. The number of fused-ring (bicyclic) bond motifs is 8. The molecule has 0 bridgehead atoms. The maximum absolute atomic E-state index is 13.9. The Bertz CT molecular complexity index is 2410. The minimum atomic E-state index is -0.181. The Morgan fingerprint density at radius 2 is 1.14 bits per heavy atom.